The molecule has 0 unspecified atom stereocenters. The lowest BCUT2D eigenvalue weighted by atomic mass is 10.1. The van der Waals surface area contributed by atoms with Gasteiger partial charge in [0.2, 0.25) is 0 Å². The van der Waals surface area contributed by atoms with Gasteiger partial charge in [0.1, 0.15) is 5.75 Å². The van der Waals surface area contributed by atoms with E-state index < -0.39 is 0 Å². The molecular formula is C11H10ClNO2. The lowest BCUT2D eigenvalue weighted by Crippen LogP contribution is -2.10. The van der Waals surface area contributed by atoms with Gasteiger partial charge in [0, 0.05) is 12.1 Å². The summed E-state index contributed by atoms with van der Waals surface area (Å²) < 4.78 is 5.35. The fourth-order valence-electron chi connectivity index (χ4n) is 1.46. The molecule has 15 heavy (non-hydrogen) atoms. The molecule has 0 bridgehead atoms. The Morgan fingerprint density at radius 1 is 1.53 bits per heavy atom. The normalized spacial score (nSPS) is 12.9. The van der Waals surface area contributed by atoms with E-state index >= 15 is 0 Å². The summed E-state index contributed by atoms with van der Waals surface area (Å²) in [4.78, 5) is 11.2. The Kier molecular flexibility index (Phi) is 2.64. The van der Waals surface area contributed by atoms with E-state index in [4.69, 9.17) is 16.3 Å². The van der Waals surface area contributed by atoms with Gasteiger partial charge in [-0.3, -0.25) is 4.79 Å². The number of nitrogens with one attached hydrogen (secondary N) is 1. The van der Waals surface area contributed by atoms with E-state index in [1.165, 1.54) is 0 Å². The van der Waals surface area contributed by atoms with E-state index in [0.29, 0.717) is 12.3 Å². The maximum absolute atomic E-state index is 11.2. The predicted molar refractivity (Wildman–Crippen MR) is 59.3 cm³/mol. The first-order valence-corrected chi connectivity index (χ1v) is 4.96. The molecule has 1 aromatic carbocycles. The Hall–Kier alpha value is -1.48. The maximum atomic E-state index is 11.2. The summed E-state index contributed by atoms with van der Waals surface area (Å²) >= 11 is 5.46. The molecule has 0 aliphatic carbocycles. The standard InChI is InChI=1S/C11H10ClNO2/c1-7(12)11(14)13-9-2-3-10-8(6-9)4-5-15-10/h2-3,6H,1,4-5H2,(H,13,14). The smallest absolute Gasteiger partial charge is 0.266 e. The first kappa shape index (κ1) is 10.1. The van der Waals surface area contributed by atoms with E-state index in [-0.39, 0.29) is 10.9 Å². The molecule has 0 saturated carbocycles. The number of halogens is 1. The van der Waals surface area contributed by atoms with Crippen LogP contribution in [0.25, 0.3) is 0 Å². The van der Waals surface area contributed by atoms with Crippen molar-refractivity contribution in [2.75, 3.05) is 11.9 Å². The van der Waals surface area contributed by atoms with Crippen LogP contribution in [-0.2, 0) is 11.2 Å². The highest BCUT2D eigenvalue weighted by Gasteiger charge is 2.13. The van der Waals surface area contributed by atoms with Gasteiger partial charge in [0.15, 0.2) is 0 Å². The lowest BCUT2D eigenvalue weighted by molar-refractivity contribution is -0.112. The van der Waals surface area contributed by atoms with Crippen LogP contribution in [0.2, 0.25) is 0 Å². The Morgan fingerprint density at radius 2 is 2.33 bits per heavy atom. The van der Waals surface area contributed by atoms with Crippen molar-refractivity contribution < 1.29 is 9.53 Å². The van der Waals surface area contributed by atoms with Crippen LogP contribution in [0.5, 0.6) is 5.75 Å². The number of benzene rings is 1. The highest BCUT2D eigenvalue weighted by Crippen LogP contribution is 2.27. The summed E-state index contributed by atoms with van der Waals surface area (Å²) in [5.41, 5.74) is 1.82. The summed E-state index contributed by atoms with van der Waals surface area (Å²) in [7, 11) is 0. The number of carbonyl (C=O) groups is 1. The molecule has 1 aromatic rings. The molecule has 4 heteroatoms. The molecule has 0 atom stereocenters. The number of ether oxygens (including phenoxy) is 1. The van der Waals surface area contributed by atoms with Gasteiger partial charge in [0.05, 0.1) is 11.6 Å². The number of anilines is 1. The predicted octanol–water partition coefficient (Wildman–Crippen LogP) is 2.31. The summed E-state index contributed by atoms with van der Waals surface area (Å²) in [6, 6.07) is 5.51. The molecule has 3 nitrogen and oxygen atoms in total. The molecule has 0 aromatic heterocycles. The minimum Gasteiger partial charge on any atom is -0.493 e. The van der Waals surface area contributed by atoms with Gasteiger partial charge in [0.25, 0.3) is 5.91 Å². The van der Waals surface area contributed by atoms with Crippen LogP contribution in [0.15, 0.2) is 29.8 Å². The van der Waals surface area contributed by atoms with Crippen molar-refractivity contribution >= 4 is 23.2 Å². The van der Waals surface area contributed by atoms with Gasteiger partial charge >= 0.3 is 0 Å². The summed E-state index contributed by atoms with van der Waals surface area (Å²) in [5.74, 6) is 0.508. The van der Waals surface area contributed by atoms with E-state index in [1.54, 1.807) is 6.07 Å². The number of carbonyl (C=O) groups excluding carboxylic acids is 1. The van der Waals surface area contributed by atoms with Crippen molar-refractivity contribution in [1.82, 2.24) is 0 Å². The highest BCUT2D eigenvalue weighted by atomic mass is 35.5. The molecular weight excluding hydrogens is 214 g/mol. The van der Waals surface area contributed by atoms with Crippen molar-refractivity contribution in [3.63, 3.8) is 0 Å². The minimum atomic E-state index is -0.379. The third-order valence-electron chi connectivity index (χ3n) is 2.19. The van der Waals surface area contributed by atoms with Crippen LogP contribution in [0, 0.1) is 0 Å². The number of rotatable bonds is 2. The van der Waals surface area contributed by atoms with E-state index in [0.717, 1.165) is 17.7 Å². The quantitative estimate of drug-likeness (QED) is 0.782. The zero-order valence-electron chi connectivity index (χ0n) is 8.05. The second-order valence-corrected chi connectivity index (χ2v) is 3.74. The van der Waals surface area contributed by atoms with Gasteiger partial charge in [-0.15, -0.1) is 0 Å². The van der Waals surface area contributed by atoms with Crippen molar-refractivity contribution in [2.24, 2.45) is 0 Å². The number of hydrogen-bond donors (Lipinski definition) is 1. The van der Waals surface area contributed by atoms with Crippen molar-refractivity contribution in [3.8, 4) is 5.75 Å². The Bertz CT molecular complexity index is 429. The molecule has 0 fully saturated rings. The molecule has 1 aliphatic heterocycles. The topological polar surface area (TPSA) is 38.3 Å². The number of hydrogen-bond acceptors (Lipinski definition) is 2. The third-order valence-corrected chi connectivity index (χ3v) is 2.37. The molecule has 1 heterocycles. The van der Waals surface area contributed by atoms with Gasteiger partial charge < -0.3 is 10.1 Å². The first-order chi connectivity index (χ1) is 7.16. The minimum absolute atomic E-state index is 0.0215. The van der Waals surface area contributed by atoms with Gasteiger partial charge in [-0.25, -0.2) is 0 Å². The van der Waals surface area contributed by atoms with Crippen molar-refractivity contribution in [2.45, 2.75) is 6.42 Å². The molecule has 0 saturated heterocycles. The fourth-order valence-corrected chi connectivity index (χ4v) is 1.51. The van der Waals surface area contributed by atoms with Crippen molar-refractivity contribution in [1.29, 1.82) is 0 Å². The molecule has 0 radical (unpaired) electrons. The summed E-state index contributed by atoms with van der Waals surface area (Å²) in [6.45, 7) is 4.06. The first-order valence-electron chi connectivity index (χ1n) is 4.58. The second kappa shape index (κ2) is 3.95. The molecule has 78 valence electrons. The Morgan fingerprint density at radius 3 is 3.07 bits per heavy atom. The van der Waals surface area contributed by atoms with Crippen molar-refractivity contribution in [3.05, 3.63) is 35.4 Å². The largest absolute Gasteiger partial charge is 0.493 e. The molecule has 1 N–H and O–H groups in total. The van der Waals surface area contributed by atoms with Crippen LogP contribution >= 0.6 is 11.6 Å². The summed E-state index contributed by atoms with van der Waals surface area (Å²) in [6.07, 6.45) is 0.876. The van der Waals surface area contributed by atoms with Crippen LogP contribution in [0.1, 0.15) is 5.56 Å². The average molecular weight is 224 g/mol. The Balaban J connectivity index is 2.17. The van der Waals surface area contributed by atoms with Gasteiger partial charge in [-0.05, 0) is 23.8 Å². The van der Waals surface area contributed by atoms with Crippen LogP contribution < -0.4 is 10.1 Å². The zero-order chi connectivity index (χ0) is 10.8. The number of fused-ring (bicyclic) bond motifs is 1. The van der Waals surface area contributed by atoms with E-state index in [2.05, 4.69) is 11.9 Å². The zero-order valence-corrected chi connectivity index (χ0v) is 8.80. The number of amides is 1. The maximum Gasteiger partial charge on any atom is 0.266 e. The Labute approximate surface area is 92.7 Å². The molecule has 0 spiro atoms. The molecule has 1 amide bonds. The van der Waals surface area contributed by atoms with E-state index in [1.807, 2.05) is 12.1 Å². The lowest BCUT2D eigenvalue weighted by Gasteiger charge is -2.05. The molecule has 1 aliphatic rings. The van der Waals surface area contributed by atoms with Crippen LogP contribution in [-0.4, -0.2) is 12.5 Å². The second-order valence-electron chi connectivity index (χ2n) is 3.28. The third kappa shape index (κ3) is 2.13. The monoisotopic (exact) mass is 223 g/mol. The SMILES string of the molecule is C=C(Cl)C(=O)Nc1ccc2c(c1)CCO2. The van der Waals surface area contributed by atoms with Crippen LogP contribution in [0.3, 0.4) is 0 Å². The van der Waals surface area contributed by atoms with Gasteiger partial charge in [-0.1, -0.05) is 18.2 Å². The molecule has 2 rings (SSSR count). The van der Waals surface area contributed by atoms with Crippen LogP contribution in [0.4, 0.5) is 5.69 Å². The fraction of sp³-hybridized carbons (Fsp3) is 0.182. The van der Waals surface area contributed by atoms with Gasteiger partial charge in [-0.2, -0.15) is 0 Å². The summed E-state index contributed by atoms with van der Waals surface area (Å²) in [5, 5.41) is 2.62. The average Bonchev–Trinajstić information content (AvgIpc) is 2.64. The van der Waals surface area contributed by atoms with E-state index in [9.17, 15) is 4.79 Å². The highest BCUT2D eigenvalue weighted by molar-refractivity contribution is 6.43.